The molecule has 1 atom stereocenters. The Hall–Kier alpha value is -1.10. The summed E-state index contributed by atoms with van der Waals surface area (Å²) < 4.78 is 0. The highest BCUT2D eigenvalue weighted by atomic mass is 35.5. The Morgan fingerprint density at radius 2 is 2.10 bits per heavy atom. The number of halogens is 1. The fourth-order valence-electron chi connectivity index (χ4n) is 2.46. The number of nitrogens with one attached hydrogen (secondary N) is 1. The molecule has 0 bridgehead atoms. The average Bonchev–Trinajstić information content (AvgIpc) is 3.17. The minimum Gasteiger partial charge on any atom is -0.329 e. The number of carbonyl (C=O) groups excluding carboxylic acids is 1. The fraction of sp³-hybridized carbons (Fsp3) is 0.533. The lowest BCUT2D eigenvalue weighted by Gasteiger charge is -2.26. The molecule has 112 valence electrons. The lowest BCUT2D eigenvalue weighted by Crippen LogP contribution is -2.43. The van der Waals surface area contributed by atoms with Gasteiger partial charge in [0.25, 0.3) is 0 Å². The molecule has 0 heterocycles. The van der Waals surface area contributed by atoms with E-state index in [4.69, 9.17) is 5.73 Å². The van der Waals surface area contributed by atoms with Gasteiger partial charge < -0.3 is 11.1 Å². The van der Waals surface area contributed by atoms with E-state index in [1.807, 2.05) is 38.2 Å². The van der Waals surface area contributed by atoms with E-state index in [0.717, 1.165) is 11.3 Å². The molecular weight excluding hydrogens is 274 g/mol. The second kappa shape index (κ2) is 7.62. The zero-order valence-corrected chi connectivity index (χ0v) is 13.0. The van der Waals surface area contributed by atoms with Crippen molar-refractivity contribution in [2.24, 2.45) is 11.7 Å². The van der Waals surface area contributed by atoms with Crippen LogP contribution in [0.25, 0.3) is 0 Å². The zero-order chi connectivity index (χ0) is 13.8. The zero-order valence-electron chi connectivity index (χ0n) is 12.1. The maximum absolute atomic E-state index is 12.0. The first kappa shape index (κ1) is 17.0. The summed E-state index contributed by atoms with van der Waals surface area (Å²) in [6.07, 6.45) is 2.48. The van der Waals surface area contributed by atoms with Gasteiger partial charge in [0.05, 0.1) is 6.54 Å². The highest BCUT2D eigenvalue weighted by Crippen LogP contribution is 2.34. The van der Waals surface area contributed by atoms with Crippen LogP contribution in [0.4, 0.5) is 5.69 Å². The van der Waals surface area contributed by atoms with Crippen molar-refractivity contribution in [1.82, 2.24) is 4.90 Å². The van der Waals surface area contributed by atoms with E-state index in [-0.39, 0.29) is 18.3 Å². The topological polar surface area (TPSA) is 58.4 Å². The van der Waals surface area contributed by atoms with E-state index in [0.29, 0.717) is 25.0 Å². The Labute approximate surface area is 127 Å². The molecule has 3 N–H and O–H groups in total. The van der Waals surface area contributed by atoms with Crippen LogP contribution in [0.15, 0.2) is 24.3 Å². The molecule has 2 rings (SSSR count). The third-order valence-corrected chi connectivity index (χ3v) is 3.79. The first-order chi connectivity index (χ1) is 9.11. The molecule has 1 aromatic rings. The number of nitrogens with two attached hydrogens (primary N) is 1. The van der Waals surface area contributed by atoms with Gasteiger partial charge in [-0.05, 0) is 44.4 Å². The van der Waals surface area contributed by atoms with E-state index in [9.17, 15) is 4.79 Å². The minimum atomic E-state index is 0. The lowest BCUT2D eigenvalue weighted by atomic mass is 10.1. The second-order valence-corrected chi connectivity index (χ2v) is 5.42. The van der Waals surface area contributed by atoms with Gasteiger partial charge in [-0.2, -0.15) is 0 Å². The van der Waals surface area contributed by atoms with Crippen LogP contribution in [0.5, 0.6) is 0 Å². The molecule has 4 nitrogen and oxygen atoms in total. The van der Waals surface area contributed by atoms with Gasteiger partial charge in [0.2, 0.25) is 5.91 Å². The summed E-state index contributed by atoms with van der Waals surface area (Å²) in [6.45, 7) is 3.01. The maximum atomic E-state index is 12.0. The second-order valence-electron chi connectivity index (χ2n) is 5.42. The standard InChI is InChI=1S/C15H23N3O.ClH/c1-11-5-3-4-6-13(11)17-15(19)10-18(2)14(9-16)12-7-8-12;/h3-6,12,14H,7-10,16H2,1-2H3,(H,17,19);1H. The predicted octanol–water partition coefficient (Wildman–Crippen LogP) is 2.02. The number of anilines is 1. The molecule has 5 heteroatoms. The van der Waals surface area contributed by atoms with Crippen molar-refractivity contribution in [2.45, 2.75) is 25.8 Å². The van der Waals surface area contributed by atoms with Crippen molar-refractivity contribution in [3.05, 3.63) is 29.8 Å². The number of hydrogen-bond acceptors (Lipinski definition) is 3. The fourth-order valence-corrected chi connectivity index (χ4v) is 2.46. The van der Waals surface area contributed by atoms with Gasteiger partial charge in [0, 0.05) is 18.3 Å². The molecule has 0 aliphatic heterocycles. The number of likely N-dealkylation sites (N-methyl/N-ethyl adjacent to an activating group) is 1. The first-order valence-corrected chi connectivity index (χ1v) is 6.87. The third-order valence-electron chi connectivity index (χ3n) is 3.79. The van der Waals surface area contributed by atoms with E-state index >= 15 is 0 Å². The van der Waals surface area contributed by atoms with Crippen molar-refractivity contribution >= 4 is 24.0 Å². The van der Waals surface area contributed by atoms with E-state index < -0.39 is 0 Å². The predicted molar refractivity (Wildman–Crippen MR) is 85.3 cm³/mol. The smallest absolute Gasteiger partial charge is 0.238 e. The van der Waals surface area contributed by atoms with Crippen LogP contribution < -0.4 is 11.1 Å². The number of nitrogens with zero attached hydrogens (tertiary/aromatic N) is 1. The van der Waals surface area contributed by atoms with Gasteiger partial charge in [-0.25, -0.2) is 0 Å². The van der Waals surface area contributed by atoms with Crippen molar-refractivity contribution in [3.63, 3.8) is 0 Å². The molecule has 0 saturated heterocycles. The molecule has 1 aliphatic rings. The van der Waals surface area contributed by atoms with Crippen LogP contribution in [-0.4, -0.2) is 37.0 Å². The average molecular weight is 298 g/mol. The number of amides is 1. The highest BCUT2D eigenvalue weighted by molar-refractivity contribution is 5.92. The summed E-state index contributed by atoms with van der Waals surface area (Å²) in [5, 5.41) is 2.96. The normalized spacial score (nSPS) is 15.6. The summed E-state index contributed by atoms with van der Waals surface area (Å²) in [6, 6.07) is 8.15. The Kier molecular flexibility index (Phi) is 6.46. The van der Waals surface area contributed by atoms with E-state index in [1.165, 1.54) is 12.8 Å². The summed E-state index contributed by atoms with van der Waals surface area (Å²) >= 11 is 0. The maximum Gasteiger partial charge on any atom is 0.238 e. The Balaban J connectivity index is 0.00000200. The van der Waals surface area contributed by atoms with Crippen molar-refractivity contribution < 1.29 is 4.79 Å². The van der Waals surface area contributed by atoms with Gasteiger partial charge in [-0.15, -0.1) is 12.4 Å². The molecule has 1 aliphatic carbocycles. The minimum absolute atomic E-state index is 0. The van der Waals surface area contributed by atoms with Crippen molar-refractivity contribution in [1.29, 1.82) is 0 Å². The van der Waals surface area contributed by atoms with Gasteiger partial charge in [-0.1, -0.05) is 18.2 Å². The quantitative estimate of drug-likeness (QED) is 0.844. The number of carbonyl (C=O) groups is 1. The van der Waals surface area contributed by atoms with Gasteiger partial charge >= 0.3 is 0 Å². The van der Waals surface area contributed by atoms with Gasteiger partial charge in [-0.3, -0.25) is 9.69 Å². The van der Waals surface area contributed by atoms with Crippen LogP contribution in [0, 0.1) is 12.8 Å². The number of benzene rings is 1. The lowest BCUT2D eigenvalue weighted by molar-refractivity contribution is -0.117. The molecule has 0 radical (unpaired) electrons. The van der Waals surface area contributed by atoms with Crippen LogP contribution >= 0.6 is 12.4 Å². The molecule has 1 aromatic carbocycles. The number of hydrogen-bond donors (Lipinski definition) is 2. The van der Waals surface area contributed by atoms with Crippen molar-refractivity contribution in [2.75, 3.05) is 25.5 Å². The molecule has 1 unspecified atom stereocenters. The number of para-hydroxylation sites is 1. The number of aryl methyl sites for hydroxylation is 1. The Morgan fingerprint density at radius 3 is 2.65 bits per heavy atom. The Bertz CT molecular complexity index is 448. The molecule has 1 amide bonds. The van der Waals surface area contributed by atoms with E-state index in [1.54, 1.807) is 0 Å². The van der Waals surface area contributed by atoms with Crippen LogP contribution in [0.3, 0.4) is 0 Å². The molecule has 0 aromatic heterocycles. The summed E-state index contributed by atoms with van der Waals surface area (Å²) in [7, 11) is 1.98. The molecular formula is C15H24ClN3O. The number of rotatable bonds is 6. The SMILES string of the molecule is Cc1ccccc1NC(=O)CN(C)C(CN)C1CC1.Cl. The monoisotopic (exact) mass is 297 g/mol. The summed E-state index contributed by atoms with van der Waals surface area (Å²) in [4.78, 5) is 14.1. The van der Waals surface area contributed by atoms with Gasteiger partial charge in [0.1, 0.15) is 0 Å². The summed E-state index contributed by atoms with van der Waals surface area (Å²) in [5.74, 6) is 0.706. The largest absolute Gasteiger partial charge is 0.329 e. The Morgan fingerprint density at radius 1 is 1.45 bits per heavy atom. The van der Waals surface area contributed by atoms with Crippen LogP contribution in [0.1, 0.15) is 18.4 Å². The van der Waals surface area contributed by atoms with Crippen molar-refractivity contribution in [3.8, 4) is 0 Å². The summed E-state index contributed by atoms with van der Waals surface area (Å²) in [5.41, 5.74) is 7.76. The van der Waals surface area contributed by atoms with Crippen LogP contribution in [-0.2, 0) is 4.79 Å². The molecule has 20 heavy (non-hydrogen) atoms. The van der Waals surface area contributed by atoms with Crippen LogP contribution in [0.2, 0.25) is 0 Å². The molecule has 0 spiro atoms. The molecule has 1 fully saturated rings. The highest BCUT2D eigenvalue weighted by Gasteiger charge is 2.33. The third kappa shape index (κ3) is 4.47. The van der Waals surface area contributed by atoms with E-state index in [2.05, 4.69) is 10.2 Å². The first-order valence-electron chi connectivity index (χ1n) is 6.87. The molecule has 1 saturated carbocycles. The van der Waals surface area contributed by atoms with Gasteiger partial charge in [0.15, 0.2) is 0 Å².